The van der Waals surface area contributed by atoms with Crippen molar-refractivity contribution < 1.29 is 44.3 Å². The third kappa shape index (κ3) is 4.92. The van der Waals surface area contributed by atoms with Crippen molar-refractivity contribution in [2.75, 3.05) is 6.54 Å². The number of aromatic nitrogens is 3. The summed E-state index contributed by atoms with van der Waals surface area (Å²) >= 11 is 5.62. The second kappa shape index (κ2) is 9.06. The predicted octanol–water partition coefficient (Wildman–Crippen LogP) is 3.69. The molecule has 2 atom stereocenters. The van der Waals surface area contributed by atoms with Gasteiger partial charge in [0.1, 0.15) is 17.8 Å². The van der Waals surface area contributed by atoms with E-state index < -0.39 is 92.5 Å². The van der Waals surface area contributed by atoms with Gasteiger partial charge >= 0.3 is 12.4 Å². The third-order valence-electron chi connectivity index (χ3n) is 7.70. The molecule has 40 heavy (non-hydrogen) atoms. The summed E-state index contributed by atoms with van der Waals surface area (Å²) in [5.74, 6) is -2.30. The molecule has 17 heteroatoms. The smallest absolute Gasteiger partial charge is 0.349 e. The Hall–Kier alpha value is -2.88. The minimum atomic E-state index is -5.16. The van der Waals surface area contributed by atoms with E-state index in [4.69, 9.17) is 11.6 Å². The van der Waals surface area contributed by atoms with Crippen LogP contribution in [0.25, 0.3) is 5.69 Å². The summed E-state index contributed by atoms with van der Waals surface area (Å²) in [5, 5.41) is 4.28. The second-order valence-electron chi connectivity index (χ2n) is 10.6. The van der Waals surface area contributed by atoms with E-state index in [1.165, 1.54) is 0 Å². The van der Waals surface area contributed by atoms with Crippen LogP contribution in [0, 0.1) is 5.41 Å². The molecule has 2 amide bonds. The van der Waals surface area contributed by atoms with Crippen molar-refractivity contribution in [2.45, 2.75) is 73.1 Å². The van der Waals surface area contributed by atoms with Gasteiger partial charge in [0.05, 0.1) is 21.4 Å². The zero-order valence-corrected chi connectivity index (χ0v) is 22.3. The Kier molecular flexibility index (Phi) is 6.49. The van der Waals surface area contributed by atoms with Crippen molar-refractivity contribution in [1.82, 2.24) is 25.0 Å². The Labute approximate surface area is 228 Å². The first-order valence-corrected chi connectivity index (χ1v) is 14.0. The largest absolute Gasteiger partial charge is 0.417 e. The molecule has 5 rings (SSSR count). The Morgan fingerprint density at radius 2 is 1.75 bits per heavy atom. The van der Waals surface area contributed by atoms with E-state index in [0.29, 0.717) is 29.9 Å². The molecule has 1 N–H and O–H groups in total. The maximum absolute atomic E-state index is 14.1. The predicted molar refractivity (Wildman–Crippen MR) is 126 cm³/mol. The fourth-order valence-corrected chi connectivity index (χ4v) is 6.90. The third-order valence-corrected chi connectivity index (χ3v) is 10.1. The Bertz CT molecular complexity index is 1480. The number of amides is 2. The molecule has 2 heterocycles. The first-order valence-electron chi connectivity index (χ1n) is 12.1. The lowest BCUT2D eigenvalue weighted by Crippen LogP contribution is -2.52. The fraction of sp³-hybridized carbons (Fsp3) is 0.565. The number of benzene rings is 1. The number of hydrogen-bond acceptors (Lipinski definition) is 6. The van der Waals surface area contributed by atoms with Crippen LogP contribution in [0.4, 0.5) is 26.3 Å². The van der Waals surface area contributed by atoms with Crippen LogP contribution in [0.3, 0.4) is 0 Å². The first-order chi connectivity index (χ1) is 18.4. The normalized spacial score (nSPS) is 23.6. The quantitative estimate of drug-likeness (QED) is 0.497. The van der Waals surface area contributed by atoms with E-state index in [1.54, 1.807) is 6.92 Å². The molecule has 2 aliphatic carbocycles. The molecule has 0 radical (unpaired) electrons. The molecule has 1 aliphatic heterocycles. The average Bonchev–Trinajstić information content (AvgIpc) is 3.71. The van der Waals surface area contributed by atoms with Gasteiger partial charge in [-0.1, -0.05) is 0 Å². The highest BCUT2D eigenvalue weighted by molar-refractivity contribution is 7.92. The number of rotatable bonds is 6. The Morgan fingerprint density at radius 3 is 2.25 bits per heavy atom. The lowest BCUT2D eigenvalue weighted by molar-refractivity contribution is -0.199. The van der Waals surface area contributed by atoms with E-state index in [2.05, 4.69) is 15.4 Å². The molecule has 1 aromatic heterocycles. The van der Waals surface area contributed by atoms with Gasteiger partial charge in [0, 0.05) is 12.1 Å². The van der Waals surface area contributed by atoms with Crippen molar-refractivity contribution in [1.29, 1.82) is 0 Å². The molecule has 218 valence electrons. The van der Waals surface area contributed by atoms with Gasteiger partial charge in [-0.2, -0.15) is 26.3 Å². The molecular formula is C23H22ClF6N5O4S. The van der Waals surface area contributed by atoms with Crippen LogP contribution in [0.15, 0.2) is 29.4 Å². The number of sulfone groups is 1. The lowest BCUT2D eigenvalue weighted by atomic mass is 10.0. The Morgan fingerprint density at radius 1 is 1.10 bits per heavy atom. The molecule has 0 unspecified atom stereocenters. The van der Waals surface area contributed by atoms with Crippen molar-refractivity contribution in [2.24, 2.45) is 5.41 Å². The van der Waals surface area contributed by atoms with Gasteiger partial charge in [-0.3, -0.25) is 9.59 Å². The standard InChI is InChI=1S/C23H22ClF6N5O4S/c1-20(4-5-20)32-17(36)15-9-13(10-34(15)18(37)21(6-7-21)23(28,29)30)40(38,39)16-3-2-12(8-14(16)22(25,26)27)35-11-31-19(24)33-35/h2-3,8,11,13,15H,4-7,9-10H2,1H3,(H,32,36)/t13-,15+/m1/s1. The summed E-state index contributed by atoms with van der Waals surface area (Å²) in [6.07, 6.45) is -9.65. The van der Waals surface area contributed by atoms with Crippen molar-refractivity contribution >= 4 is 33.3 Å². The number of alkyl halides is 6. The molecule has 2 saturated carbocycles. The number of carbonyl (C=O) groups excluding carboxylic acids is 2. The first kappa shape index (κ1) is 28.6. The zero-order valence-electron chi connectivity index (χ0n) is 20.7. The summed E-state index contributed by atoms with van der Waals surface area (Å²) < 4.78 is 112. The zero-order chi connectivity index (χ0) is 29.5. The molecule has 3 aliphatic rings. The van der Waals surface area contributed by atoms with Gasteiger partial charge < -0.3 is 10.2 Å². The maximum atomic E-state index is 14.1. The number of nitrogens with one attached hydrogen (secondary N) is 1. The Balaban J connectivity index is 1.52. The molecular weight excluding hydrogens is 592 g/mol. The van der Waals surface area contributed by atoms with Gasteiger partial charge in [0.15, 0.2) is 9.84 Å². The van der Waals surface area contributed by atoms with Crippen LogP contribution in [0.1, 0.15) is 44.6 Å². The van der Waals surface area contributed by atoms with Crippen LogP contribution in [-0.4, -0.2) is 69.4 Å². The van der Waals surface area contributed by atoms with Crippen molar-refractivity contribution in [3.63, 3.8) is 0 Å². The van der Waals surface area contributed by atoms with E-state index in [1.807, 2.05) is 0 Å². The molecule has 0 spiro atoms. The monoisotopic (exact) mass is 613 g/mol. The van der Waals surface area contributed by atoms with Gasteiger partial charge in [-0.25, -0.2) is 18.1 Å². The number of hydrogen-bond donors (Lipinski definition) is 1. The van der Waals surface area contributed by atoms with Gasteiger partial charge in [0.25, 0.3) is 0 Å². The summed E-state index contributed by atoms with van der Waals surface area (Å²) in [4.78, 5) is 29.2. The SMILES string of the molecule is CC1(NC(=O)[C@@H]2C[C@@H](S(=O)(=O)c3ccc(-n4cnc(Cl)n4)cc3C(F)(F)F)CN2C(=O)C2(C(F)(F)F)CC2)CC1. The minimum absolute atomic E-state index is 0.204. The van der Waals surface area contributed by atoms with Crippen LogP contribution in [-0.2, 0) is 25.6 Å². The summed E-state index contributed by atoms with van der Waals surface area (Å²) in [6, 6.07) is 0.657. The van der Waals surface area contributed by atoms with Gasteiger partial charge in [0.2, 0.25) is 17.1 Å². The number of halogens is 7. The molecule has 3 fully saturated rings. The molecule has 1 aromatic carbocycles. The number of likely N-dealkylation sites (tertiary alicyclic amines) is 1. The second-order valence-corrected chi connectivity index (χ2v) is 13.2. The van der Waals surface area contributed by atoms with Gasteiger partial charge in [-0.05, 0) is 68.8 Å². The molecule has 9 nitrogen and oxygen atoms in total. The van der Waals surface area contributed by atoms with E-state index in [0.717, 1.165) is 17.1 Å². The fourth-order valence-electron chi connectivity index (χ4n) is 4.88. The van der Waals surface area contributed by atoms with Crippen LogP contribution < -0.4 is 5.32 Å². The number of carbonyl (C=O) groups is 2. The topological polar surface area (TPSA) is 114 Å². The van der Waals surface area contributed by atoms with E-state index in [-0.39, 0.29) is 11.0 Å². The molecule has 0 bridgehead atoms. The van der Waals surface area contributed by atoms with Crippen molar-refractivity contribution in [3.05, 3.63) is 35.4 Å². The highest BCUT2D eigenvalue weighted by Gasteiger charge is 2.70. The van der Waals surface area contributed by atoms with E-state index in [9.17, 15) is 44.3 Å². The van der Waals surface area contributed by atoms with E-state index >= 15 is 0 Å². The lowest BCUT2D eigenvalue weighted by Gasteiger charge is -2.30. The number of nitrogens with zero attached hydrogens (tertiary/aromatic N) is 4. The maximum Gasteiger partial charge on any atom is 0.417 e. The van der Waals surface area contributed by atoms with Crippen molar-refractivity contribution in [3.8, 4) is 5.69 Å². The molecule has 2 aromatic rings. The summed E-state index contributed by atoms with van der Waals surface area (Å²) in [6.45, 7) is 0.809. The van der Waals surface area contributed by atoms with Gasteiger partial charge in [-0.15, -0.1) is 5.10 Å². The minimum Gasteiger partial charge on any atom is -0.349 e. The van der Waals surface area contributed by atoms with Crippen LogP contribution >= 0.6 is 11.6 Å². The molecule has 1 saturated heterocycles. The average molecular weight is 614 g/mol. The summed E-state index contributed by atoms with van der Waals surface area (Å²) in [7, 11) is -4.91. The van der Waals surface area contributed by atoms with Crippen LogP contribution in [0.2, 0.25) is 5.28 Å². The highest BCUT2D eigenvalue weighted by Crippen LogP contribution is 2.59. The highest BCUT2D eigenvalue weighted by atomic mass is 35.5. The summed E-state index contributed by atoms with van der Waals surface area (Å²) in [5.41, 5.74) is -5.15. The van der Waals surface area contributed by atoms with Crippen LogP contribution in [0.5, 0.6) is 0 Å².